The lowest BCUT2D eigenvalue weighted by molar-refractivity contribution is 0.0948. The van der Waals surface area contributed by atoms with Gasteiger partial charge in [0.25, 0.3) is 5.91 Å². The third-order valence-corrected chi connectivity index (χ3v) is 4.57. The second-order valence-corrected chi connectivity index (χ2v) is 6.32. The summed E-state index contributed by atoms with van der Waals surface area (Å²) in [6.45, 7) is 4.33. The lowest BCUT2D eigenvalue weighted by atomic mass is 10.1. The highest BCUT2D eigenvalue weighted by atomic mass is 79.9. The minimum atomic E-state index is -0.228. The van der Waals surface area contributed by atoms with E-state index in [-0.39, 0.29) is 5.91 Å². The van der Waals surface area contributed by atoms with Gasteiger partial charge in [0.1, 0.15) is 6.26 Å². The third kappa shape index (κ3) is 3.56. The highest BCUT2D eigenvalue weighted by Gasteiger charge is 2.15. The maximum Gasteiger partial charge on any atom is 0.272 e. The number of aryl methyl sites for hydroxylation is 2. The minimum Gasteiger partial charge on any atom is -0.444 e. The summed E-state index contributed by atoms with van der Waals surface area (Å²) in [6.07, 6.45) is 2.21. The van der Waals surface area contributed by atoms with E-state index in [4.69, 9.17) is 4.42 Å². The molecule has 0 aliphatic rings. The quantitative estimate of drug-likeness (QED) is 0.701. The van der Waals surface area contributed by atoms with Gasteiger partial charge in [-0.25, -0.2) is 4.98 Å². The molecule has 0 atom stereocenters. The molecular weight excluding hydrogens is 372 g/mol. The van der Waals surface area contributed by atoms with E-state index in [1.165, 1.54) is 5.56 Å². The van der Waals surface area contributed by atoms with Crippen LogP contribution in [0, 0.1) is 13.8 Å². The van der Waals surface area contributed by atoms with E-state index in [1.54, 1.807) is 6.26 Å². The number of aromatic amines is 1. The van der Waals surface area contributed by atoms with Crippen LogP contribution in [0.4, 0.5) is 0 Å². The SMILES string of the molecule is Cc1ccc(-c2nc(CCNC(=O)c3n[nH]c(C)c3Br)co2)cc1. The number of carbonyl (C=O) groups excluding carboxylic acids is 1. The zero-order chi connectivity index (χ0) is 17.1. The molecule has 7 heteroatoms. The lowest BCUT2D eigenvalue weighted by Gasteiger charge is -2.01. The van der Waals surface area contributed by atoms with Gasteiger partial charge in [0.2, 0.25) is 5.89 Å². The average Bonchev–Trinajstić information content (AvgIpc) is 3.16. The predicted octanol–water partition coefficient (Wildman–Crippen LogP) is 3.42. The van der Waals surface area contributed by atoms with E-state index in [0.717, 1.165) is 17.0 Å². The van der Waals surface area contributed by atoms with Gasteiger partial charge in [-0.2, -0.15) is 5.10 Å². The van der Waals surface area contributed by atoms with Crippen LogP contribution in [-0.4, -0.2) is 27.6 Å². The van der Waals surface area contributed by atoms with Crippen LogP contribution < -0.4 is 5.32 Å². The van der Waals surface area contributed by atoms with Crippen molar-refractivity contribution in [3.8, 4) is 11.5 Å². The number of H-pyrrole nitrogens is 1. The molecule has 1 amide bonds. The van der Waals surface area contributed by atoms with Crippen LogP contribution in [0.1, 0.15) is 27.4 Å². The number of benzene rings is 1. The van der Waals surface area contributed by atoms with Gasteiger partial charge in [0.15, 0.2) is 5.69 Å². The summed E-state index contributed by atoms with van der Waals surface area (Å²) >= 11 is 3.34. The van der Waals surface area contributed by atoms with Gasteiger partial charge in [-0.15, -0.1) is 0 Å². The number of nitrogens with one attached hydrogen (secondary N) is 2. The van der Waals surface area contributed by atoms with E-state index in [9.17, 15) is 4.79 Å². The molecule has 0 aliphatic carbocycles. The zero-order valence-corrected chi connectivity index (χ0v) is 15.0. The highest BCUT2D eigenvalue weighted by molar-refractivity contribution is 9.10. The van der Waals surface area contributed by atoms with Gasteiger partial charge in [0.05, 0.1) is 10.2 Å². The molecule has 6 nitrogen and oxygen atoms in total. The Morgan fingerprint density at radius 1 is 1.29 bits per heavy atom. The maximum absolute atomic E-state index is 12.1. The first kappa shape index (κ1) is 16.4. The Balaban J connectivity index is 1.57. The molecule has 1 aromatic carbocycles. The standard InChI is InChI=1S/C17H17BrN4O2/c1-10-3-5-12(6-4-10)17-20-13(9-24-17)7-8-19-16(23)15-14(18)11(2)21-22-15/h3-6,9H,7-8H2,1-2H3,(H,19,23)(H,21,22). The largest absolute Gasteiger partial charge is 0.444 e. The number of halogens is 1. The smallest absolute Gasteiger partial charge is 0.272 e. The summed E-state index contributed by atoms with van der Waals surface area (Å²) < 4.78 is 6.19. The molecule has 0 aliphatic heterocycles. The fourth-order valence-electron chi connectivity index (χ4n) is 2.20. The number of aromatic nitrogens is 3. The first-order valence-electron chi connectivity index (χ1n) is 7.54. The Hall–Kier alpha value is -2.41. The number of rotatable bonds is 5. The van der Waals surface area contributed by atoms with Crippen LogP contribution in [0.3, 0.4) is 0 Å². The van der Waals surface area contributed by atoms with Gasteiger partial charge in [-0.1, -0.05) is 17.7 Å². The summed E-state index contributed by atoms with van der Waals surface area (Å²) in [6, 6.07) is 7.99. The Kier molecular flexibility index (Phi) is 4.80. The van der Waals surface area contributed by atoms with Gasteiger partial charge in [-0.05, 0) is 41.9 Å². The summed E-state index contributed by atoms with van der Waals surface area (Å²) in [5.41, 5.74) is 4.09. The first-order chi connectivity index (χ1) is 11.5. The molecule has 0 saturated heterocycles. The molecule has 0 bridgehead atoms. The number of nitrogens with zero attached hydrogens (tertiary/aromatic N) is 2. The number of amides is 1. The van der Waals surface area contributed by atoms with Gasteiger partial charge < -0.3 is 9.73 Å². The molecule has 2 heterocycles. The maximum atomic E-state index is 12.1. The van der Waals surface area contributed by atoms with Crippen molar-refractivity contribution in [2.75, 3.05) is 6.54 Å². The van der Waals surface area contributed by atoms with Crippen LogP contribution in [0.25, 0.3) is 11.5 Å². The predicted molar refractivity (Wildman–Crippen MR) is 93.7 cm³/mol. The second kappa shape index (κ2) is 7.00. The fourth-order valence-corrected chi connectivity index (χ4v) is 2.56. The van der Waals surface area contributed by atoms with Gasteiger partial charge >= 0.3 is 0 Å². The number of oxazole rings is 1. The molecule has 2 aromatic heterocycles. The zero-order valence-electron chi connectivity index (χ0n) is 13.4. The van der Waals surface area contributed by atoms with Crippen LogP contribution in [0.2, 0.25) is 0 Å². The molecule has 124 valence electrons. The molecule has 0 fully saturated rings. The normalized spacial score (nSPS) is 10.8. The van der Waals surface area contributed by atoms with Gasteiger partial charge in [0, 0.05) is 24.2 Å². The molecule has 3 aromatic rings. The number of hydrogen-bond donors (Lipinski definition) is 2. The van der Waals surface area contributed by atoms with Crippen LogP contribution in [-0.2, 0) is 6.42 Å². The Labute approximate surface area is 147 Å². The second-order valence-electron chi connectivity index (χ2n) is 5.53. The summed E-state index contributed by atoms with van der Waals surface area (Å²) in [5, 5.41) is 9.56. The van der Waals surface area contributed by atoms with Crippen LogP contribution in [0.5, 0.6) is 0 Å². The van der Waals surface area contributed by atoms with E-state index >= 15 is 0 Å². The Morgan fingerprint density at radius 3 is 2.71 bits per heavy atom. The van der Waals surface area contributed by atoms with Crippen LogP contribution >= 0.6 is 15.9 Å². The lowest BCUT2D eigenvalue weighted by Crippen LogP contribution is -2.26. The van der Waals surface area contributed by atoms with E-state index < -0.39 is 0 Å². The third-order valence-electron chi connectivity index (χ3n) is 3.60. The molecule has 3 rings (SSSR count). The monoisotopic (exact) mass is 388 g/mol. The number of hydrogen-bond acceptors (Lipinski definition) is 4. The van der Waals surface area contributed by atoms with Crippen molar-refractivity contribution in [1.82, 2.24) is 20.5 Å². The minimum absolute atomic E-state index is 0.228. The topological polar surface area (TPSA) is 83.8 Å². The van der Waals surface area contributed by atoms with Crippen molar-refractivity contribution in [3.05, 3.63) is 57.6 Å². The molecule has 0 radical (unpaired) electrons. The van der Waals surface area contributed by atoms with Crippen molar-refractivity contribution < 1.29 is 9.21 Å². The molecule has 0 unspecified atom stereocenters. The average molecular weight is 389 g/mol. The summed E-state index contributed by atoms with van der Waals surface area (Å²) in [5.74, 6) is 0.357. The first-order valence-corrected chi connectivity index (χ1v) is 8.34. The molecule has 0 spiro atoms. The molecule has 2 N–H and O–H groups in total. The number of carbonyl (C=O) groups is 1. The Morgan fingerprint density at radius 2 is 2.04 bits per heavy atom. The molecule has 0 saturated carbocycles. The van der Waals surface area contributed by atoms with E-state index in [1.807, 2.05) is 38.1 Å². The van der Waals surface area contributed by atoms with Crippen molar-refractivity contribution in [2.24, 2.45) is 0 Å². The van der Waals surface area contributed by atoms with Crippen LogP contribution in [0.15, 0.2) is 39.4 Å². The van der Waals surface area contributed by atoms with Gasteiger partial charge in [-0.3, -0.25) is 9.89 Å². The van der Waals surface area contributed by atoms with Crippen molar-refractivity contribution in [1.29, 1.82) is 0 Å². The van der Waals surface area contributed by atoms with Crippen molar-refractivity contribution in [3.63, 3.8) is 0 Å². The fraction of sp³-hybridized carbons (Fsp3) is 0.235. The van der Waals surface area contributed by atoms with Crippen molar-refractivity contribution in [2.45, 2.75) is 20.3 Å². The van der Waals surface area contributed by atoms with E-state index in [2.05, 4.69) is 36.4 Å². The summed E-state index contributed by atoms with van der Waals surface area (Å²) in [7, 11) is 0. The molecular formula is C17H17BrN4O2. The van der Waals surface area contributed by atoms with E-state index in [0.29, 0.717) is 29.0 Å². The summed E-state index contributed by atoms with van der Waals surface area (Å²) in [4.78, 5) is 16.5. The highest BCUT2D eigenvalue weighted by Crippen LogP contribution is 2.19. The molecule has 24 heavy (non-hydrogen) atoms. The van der Waals surface area contributed by atoms with Crippen molar-refractivity contribution >= 4 is 21.8 Å². The Bertz CT molecular complexity index is 852.